The van der Waals surface area contributed by atoms with Crippen LogP contribution < -0.4 is 0 Å². The topological polar surface area (TPSA) is 30.2 Å². The highest BCUT2D eigenvalue weighted by molar-refractivity contribution is 7.14. The first-order chi connectivity index (χ1) is 7.08. The lowest BCUT2D eigenvalue weighted by atomic mass is 10.1. The van der Waals surface area contributed by atoms with Crippen molar-refractivity contribution < 1.29 is 9.21 Å². The van der Waals surface area contributed by atoms with Gasteiger partial charge in [-0.05, 0) is 26.0 Å². The van der Waals surface area contributed by atoms with Crippen LogP contribution in [0, 0.1) is 13.8 Å². The van der Waals surface area contributed by atoms with Crippen molar-refractivity contribution in [1.29, 1.82) is 0 Å². The number of ketones is 1. The van der Waals surface area contributed by atoms with Crippen molar-refractivity contribution in [3.8, 4) is 0 Å². The van der Waals surface area contributed by atoms with Gasteiger partial charge in [-0.25, -0.2) is 0 Å². The third kappa shape index (κ3) is 1.98. The highest BCUT2D eigenvalue weighted by Crippen LogP contribution is 2.24. The van der Waals surface area contributed by atoms with Gasteiger partial charge in [-0.15, -0.1) is 11.3 Å². The molecular weight excluding hydrogens is 232 g/mol. The van der Waals surface area contributed by atoms with Crippen molar-refractivity contribution in [2.75, 3.05) is 0 Å². The summed E-state index contributed by atoms with van der Waals surface area (Å²) in [6, 6.07) is 3.43. The van der Waals surface area contributed by atoms with Gasteiger partial charge >= 0.3 is 0 Å². The molecule has 0 spiro atoms. The van der Waals surface area contributed by atoms with Gasteiger partial charge in [0, 0.05) is 10.9 Å². The van der Waals surface area contributed by atoms with Gasteiger partial charge < -0.3 is 4.42 Å². The number of thiophene rings is 1. The zero-order valence-electron chi connectivity index (χ0n) is 8.33. The molecule has 15 heavy (non-hydrogen) atoms. The first kappa shape index (κ1) is 10.5. The Hall–Kier alpha value is -1.06. The van der Waals surface area contributed by atoms with Gasteiger partial charge in [0.05, 0.1) is 9.90 Å². The lowest BCUT2D eigenvalue weighted by Gasteiger charge is -1.93. The zero-order chi connectivity index (χ0) is 11.0. The fourth-order valence-electron chi connectivity index (χ4n) is 1.44. The van der Waals surface area contributed by atoms with E-state index in [0.29, 0.717) is 21.2 Å². The molecule has 0 aliphatic carbocycles. The van der Waals surface area contributed by atoms with Crippen LogP contribution in [-0.4, -0.2) is 5.78 Å². The second-order valence-electron chi connectivity index (χ2n) is 3.30. The standard InChI is InChI=1S/C11H9ClO2S/c1-6-3-9(7(2)14-6)11(13)8-4-10(12)15-5-8/h3-5H,1-2H3. The second-order valence-corrected chi connectivity index (χ2v) is 4.84. The first-order valence-corrected chi connectivity index (χ1v) is 5.69. The van der Waals surface area contributed by atoms with Crippen molar-refractivity contribution in [3.63, 3.8) is 0 Å². The average Bonchev–Trinajstić information content (AvgIpc) is 2.71. The highest BCUT2D eigenvalue weighted by atomic mass is 35.5. The van der Waals surface area contributed by atoms with E-state index in [1.165, 1.54) is 11.3 Å². The lowest BCUT2D eigenvalue weighted by Crippen LogP contribution is -1.99. The smallest absolute Gasteiger partial charge is 0.197 e. The maximum absolute atomic E-state index is 12.0. The van der Waals surface area contributed by atoms with Crippen molar-refractivity contribution in [1.82, 2.24) is 0 Å². The molecule has 78 valence electrons. The molecule has 2 aromatic rings. The molecular formula is C11H9ClO2S. The van der Waals surface area contributed by atoms with Gasteiger partial charge in [-0.3, -0.25) is 4.79 Å². The lowest BCUT2D eigenvalue weighted by molar-refractivity contribution is 0.103. The molecule has 2 nitrogen and oxygen atoms in total. The summed E-state index contributed by atoms with van der Waals surface area (Å²) < 4.78 is 5.94. The minimum atomic E-state index is -0.0347. The molecule has 0 radical (unpaired) electrons. The number of furan rings is 1. The summed E-state index contributed by atoms with van der Waals surface area (Å²) in [6.45, 7) is 3.61. The van der Waals surface area contributed by atoms with Gasteiger partial charge in [0.2, 0.25) is 0 Å². The number of aryl methyl sites for hydroxylation is 2. The molecule has 0 N–H and O–H groups in total. The van der Waals surface area contributed by atoms with E-state index in [4.69, 9.17) is 16.0 Å². The number of hydrogen-bond acceptors (Lipinski definition) is 3. The van der Waals surface area contributed by atoms with E-state index in [1.54, 1.807) is 24.4 Å². The van der Waals surface area contributed by atoms with Crippen LogP contribution in [0.25, 0.3) is 0 Å². The summed E-state index contributed by atoms with van der Waals surface area (Å²) in [5.74, 6) is 1.37. The number of halogens is 1. The monoisotopic (exact) mass is 240 g/mol. The molecule has 0 fully saturated rings. The van der Waals surface area contributed by atoms with Crippen LogP contribution in [0.3, 0.4) is 0 Å². The summed E-state index contributed by atoms with van der Waals surface area (Å²) in [7, 11) is 0. The van der Waals surface area contributed by atoms with Crippen molar-refractivity contribution in [3.05, 3.63) is 44.5 Å². The minimum Gasteiger partial charge on any atom is -0.466 e. The second kappa shape index (κ2) is 3.83. The van der Waals surface area contributed by atoms with Crippen LogP contribution in [0.2, 0.25) is 4.34 Å². The quantitative estimate of drug-likeness (QED) is 0.747. The Bertz CT molecular complexity index is 510. The normalized spacial score (nSPS) is 10.6. The maximum atomic E-state index is 12.0. The number of carbonyl (C=O) groups excluding carboxylic acids is 1. The van der Waals surface area contributed by atoms with E-state index in [2.05, 4.69) is 0 Å². The van der Waals surface area contributed by atoms with Gasteiger partial charge in [0.25, 0.3) is 0 Å². The zero-order valence-corrected chi connectivity index (χ0v) is 9.91. The molecule has 0 bridgehead atoms. The van der Waals surface area contributed by atoms with Crippen molar-refractivity contribution >= 4 is 28.7 Å². The van der Waals surface area contributed by atoms with Gasteiger partial charge in [0.15, 0.2) is 5.78 Å². The Morgan fingerprint density at radius 1 is 1.40 bits per heavy atom. The molecule has 0 atom stereocenters. The summed E-state index contributed by atoms with van der Waals surface area (Å²) in [5, 5.41) is 1.76. The molecule has 2 aromatic heterocycles. The molecule has 0 unspecified atom stereocenters. The fraction of sp³-hybridized carbons (Fsp3) is 0.182. The molecule has 2 rings (SSSR count). The molecule has 0 saturated carbocycles. The van der Waals surface area contributed by atoms with Gasteiger partial charge in [-0.1, -0.05) is 11.6 Å². The van der Waals surface area contributed by atoms with Crippen LogP contribution in [0.5, 0.6) is 0 Å². The predicted octanol–water partition coefficient (Wildman–Crippen LogP) is 3.84. The van der Waals surface area contributed by atoms with E-state index in [-0.39, 0.29) is 5.78 Å². The van der Waals surface area contributed by atoms with Crippen LogP contribution in [0.15, 0.2) is 21.9 Å². The molecule has 0 aliphatic heterocycles. The highest BCUT2D eigenvalue weighted by Gasteiger charge is 2.16. The van der Waals surface area contributed by atoms with E-state index >= 15 is 0 Å². The Labute approximate surface area is 96.5 Å². The maximum Gasteiger partial charge on any atom is 0.197 e. The number of hydrogen-bond donors (Lipinski definition) is 0. The minimum absolute atomic E-state index is 0.0347. The third-order valence-electron chi connectivity index (χ3n) is 2.12. The van der Waals surface area contributed by atoms with Crippen molar-refractivity contribution in [2.24, 2.45) is 0 Å². The van der Waals surface area contributed by atoms with E-state index < -0.39 is 0 Å². The fourth-order valence-corrected chi connectivity index (χ4v) is 2.30. The molecule has 0 saturated heterocycles. The molecule has 4 heteroatoms. The molecule has 2 heterocycles. The Morgan fingerprint density at radius 3 is 2.60 bits per heavy atom. The summed E-state index contributed by atoms with van der Waals surface area (Å²) in [4.78, 5) is 12.0. The summed E-state index contributed by atoms with van der Waals surface area (Å²) >= 11 is 7.13. The predicted molar refractivity (Wildman–Crippen MR) is 60.9 cm³/mol. The van der Waals surface area contributed by atoms with E-state index in [0.717, 1.165) is 5.76 Å². The first-order valence-electron chi connectivity index (χ1n) is 4.43. The molecule has 0 amide bonds. The van der Waals surface area contributed by atoms with E-state index in [1.807, 2.05) is 6.92 Å². The SMILES string of the molecule is Cc1cc(C(=O)c2csc(Cl)c2)c(C)o1. The summed E-state index contributed by atoms with van der Waals surface area (Å²) in [5.41, 5.74) is 1.23. The van der Waals surface area contributed by atoms with Crippen molar-refractivity contribution in [2.45, 2.75) is 13.8 Å². The average molecular weight is 241 g/mol. The Kier molecular flexibility index (Phi) is 2.67. The Morgan fingerprint density at radius 2 is 2.13 bits per heavy atom. The van der Waals surface area contributed by atoms with Crippen LogP contribution >= 0.6 is 22.9 Å². The largest absolute Gasteiger partial charge is 0.466 e. The van der Waals surface area contributed by atoms with Crippen LogP contribution in [0.4, 0.5) is 0 Å². The van der Waals surface area contributed by atoms with Crippen LogP contribution in [0.1, 0.15) is 27.4 Å². The number of carbonyl (C=O) groups is 1. The summed E-state index contributed by atoms with van der Waals surface area (Å²) in [6.07, 6.45) is 0. The van der Waals surface area contributed by atoms with Crippen LogP contribution in [-0.2, 0) is 0 Å². The third-order valence-corrected chi connectivity index (χ3v) is 3.21. The van der Waals surface area contributed by atoms with Gasteiger partial charge in [-0.2, -0.15) is 0 Å². The van der Waals surface area contributed by atoms with Gasteiger partial charge in [0.1, 0.15) is 11.5 Å². The molecule has 0 aliphatic rings. The molecule has 0 aromatic carbocycles. The Balaban J connectivity index is 2.40. The number of rotatable bonds is 2. The van der Waals surface area contributed by atoms with E-state index in [9.17, 15) is 4.79 Å².